The van der Waals surface area contributed by atoms with Crippen molar-refractivity contribution < 1.29 is 18.9 Å². The van der Waals surface area contributed by atoms with E-state index >= 15 is 0 Å². The molecule has 0 saturated carbocycles. The number of anilines is 1. The van der Waals surface area contributed by atoms with Gasteiger partial charge in [-0.2, -0.15) is 5.10 Å². The maximum atomic E-state index is 6.29. The largest absolute Gasteiger partial charge is 0.493 e. The van der Waals surface area contributed by atoms with Crippen LogP contribution in [0.1, 0.15) is 23.6 Å². The maximum Gasteiger partial charge on any atom is 0.161 e. The van der Waals surface area contributed by atoms with Gasteiger partial charge in [0.25, 0.3) is 0 Å². The Morgan fingerprint density at radius 3 is 2.15 bits per heavy atom. The first-order chi connectivity index (χ1) is 16.6. The highest BCUT2D eigenvalue weighted by Gasteiger charge is 2.29. The molecule has 0 aromatic heterocycles. The predicted octanol–water partition coefficient (Wildman–Crippen LogP) is 6.40. The van der Waals surface area contributed by atoms with Crippen molar-refractivity contribution in [2.24, 2.45) is 5.10 Å². The van der Waals surface area contributed by atoms with Crippen molar-refractivity contribution in [1.82, 2.24) is 0 Å². The Morgan fingerprint density at radius 1 is 0.794 bits per heavy atom. The summed E-state index contributed by atoms with van der Waals surface area (Å²) in [4.78, 5) is 0. The van der Waals surface area contributed by atoms with Gasteiger partial charge in [-0.25, -0.2) is 0 Å². The van der Waals surface area contributed by atoms with Gasteiger partial charge >= 0.3 is 0 Å². The minimum Gasteiger partial charge on any atom is -0.493 e. The Balaban J connectivity index is 1.67. The van der Waals surface area contributed by atoms with Gasteiger partial charge in [0.05, 0.1) is 45.9 Å². The number of benzene rings is 3. The van der Waals surface area contributed by atoms with E-state index in [2.05, 4.69) is 0 Å². The van der Waals surface area contributed by atoms with Crippen LogP contribution in [0.2, 0.25) is 5.02 Å². The Kier molecular flexibility index (Phi) is 7.28. The molecule has 1 heterocycles. The number of ether oxygens (including phenoxy) is 4. The van der Waals surface area contributed by atoms with Crippen LogP contribution in [0.5, 0.6) is 23.0 Å². The second-order valence-electron chi connectivity index (χ2n) is 7.70. The fourth-order valence-electron chi connectivity index (χ4n) is 3.96. The molecule has 3 aromatic rings. The molecule has 0 fully saturated rings. The molecule has 6 nitrogen and oxygen atoms in total. The summed E-state index contributed by atoms with van der Waals surface area (Å²) < 4.78 is 21.7. The molecule has 3 aromatic carbocycles. The van der Waals surface area contributed by atoms with Crippen LogP contribution >= 0.6 is 11.6 Å². The lowest BCUT2D eigenvalue weighted by Gasteiger charge is -2.24. The average Bonchev–Trinajstić information content (AvgIpc) is 3.31. The van der Waals surface area contributed by atoms with Crippen LogP contribution in [-0.4, -0.2) is 34.2 Å². The topological polar surface area (TPSA) is 52.5 Å². The third-order valence-corrected chi connectivity index (χ3v) is 5.91. The summed E-state index contributed by atoms with van der Waals surface area (Å²) in [6, 6.07) is 19.4. The molecule has 0 bridgehead atoms. The molecule has 1 unspecified atom stereocenters. The Bertz CT molecular complexity index is 1230. The molecule has 7 heteroatoms. The molecule has 0 radical (unpaired) electrons. The molecule has 176 valence electrons. The van der Waals surface area contributed by atoms with Crippen molar-refractivity contribution in [3.63, 3.8) is 0 Å². The van der Waals surface area contributed by atoms with Crippen molar-refractivity contribution in [2.45, 2.75) is 12.5 Å². The Hall–Kier alpha value is -3.64. The molecular weight excluding hydrogens is 452 g/mol. The van der Waals surface area contributed by atoms with Crippen LogP contribution in [0.15, 0.2) is 71.8 Å². The highest BCUT2D eigenvalue weighted by molar-refractivity contribution is 6.30. The van der Waals surface area contributed by atoms with Crippen molar-refractivity contribution in [3.8, 4) is 23.0 Å². The van der Waals surface area contributed by atoms with Crippen LogP contribution in [0.3, 0.4) is 0 Å². The van der Waals surface area contributed by atoms with Crippen molar-refractivity contribution >= 4 is 29.1 Å². The van der Waals surface area contributed by atoms with Gasteiger partial charge in [0, 0.05) is 11.4 Å². The van der Waals surface area contributed by atoms with Crippen LogP contribution in [0.4, 0.5) is 5.69 Å². The number of allylic oxidation sites excluding steroid dienone is 1. The molecule has 0 saturated heterocycles. The van der Waals surface area contributed by atoms with E-state index in [4.69, 9.17) is 35.6 Å². The van der Waals surface area contributed by atoms with Gasteiger partial charge in [-0.1, -0.05) is 35.9 Å². The molecule has 34 heavy (non-hydrogen) atoms. The smallest absolute Gasteiger partial charge is 0.161 e. The van der Waals surface area contributed by atoms with E-state index in [9.17, 15) is 0 Å². The van der Waals surface area contributed by atoms with Crippen molar-refractivity contribution in [2.75, 3.05) is 33.4 Å². The van der Waals surface area contributed by atoms with E-state index in [1.807, 2.05) is 77.8 Å². The van der Waals surface area contributed by atoms with Crippen LogP contribution < -0.4 is 24.0 Å². The number of rotatable bonds is 8. The van der Waals surface area contributed by atoms with Gasteiger partial charge in [-0.3, -0.25) is 5.01 Å². The Labute approximate surface area is 205 Å². The quantitative estimate of drug-likeness (QED) is 0.375. The zero-order valence-corrected chi connectivity index (χ0v) is 20.4. The Morgan fingerprint density at radius 2 is 1.47 bits per heavy atom. The lowest BCUT2D eigenvalue weighted by atomic mass is 10.00. The van der Waals surface area contributed by atoms with E-state index in [-0.39, 0.29) is 6.04 Å². The highest BCUT2D eigenvalue weighted by Crippen LogP contribution is 2.39. The molecule has 0 amide bonds. The SMILES string of the molecule is COc1ccc(C=CC2=NN(c3cccc(Cl)c3)C(c3ccc(OC)c(OC)c3)C2)cc1OC. The van der Waals surface area contributed by atoms with Crippen molar-refractivity contribution in [1.29, 1.82) is 0 Å². The second-order valence-corrected chi connectivity index (χ2v) is 8.13. The first-order valence-electron chi connectivity index (χ1n) is 10.8. The monoisotopic (exact) mass is 478 g/mol. The molecule has 1 atom stereocenters. The minimum absolute atomic E-state index is 0.0247. The molecular formula is C27H27ClN2O4. The zero-order chi connectivity index (χ0) is 24.1. The van der Waals surface area contributed by atoms with Gasteiger partial charge in [0.1, 0.15) is 0 Å². The van der Waals surface area contributed by atoms with Gasteiger partial charge in [0.15, 0.2) is 23.0 Å². The molecule has 0 aliphatic carbocycles. The summed E-state index contributed by atoms with van der Waals surface area (Å²) in [6.45, 7) is 0. The maximum absolute atomic E-state index is 6.29. The summed E-state index contributed by atoms with van der Waals surface area (Å²) in [5, 5.41) is 7.58. The van der Waals surface area contributed by atoms with Crippen LogP contribution in [0, 0.1) is 0 Å². The number of halogens is 1. The summed E-state index contributed by atoms with van der Waals surface area (Å²) in [5.41, 5.74) is 3.91. The number of hydrazone groups is 1. The lowest BCUT2D eigenvalue weighted by molar-refractivity contribution is 0.354. The van der Waals surface area contributed by atoms with Gasteiger partial charge < -0.3 is 18.9 Å². The van der Waals surface area contributed by atoms with E-state index in [1.165, 1.54) is 0 Å². The van der Waals surface area contributed by atoms with Gasteiger partial charge in [0.2, 0.25) is 0 Å². The lowest BCUT2D eigenvalue weighted by Crippen LogP contribution is -2.18. The average molecular weight is 479 g/mol. The standard InChI is InChI=1S/C27H27ClN2O4/c1-31-24-12-9-18(14-26(24)33-3)8-11-21-17-23(19-10-13-25(32-2)27(15-19)34-4)30(29-21)22-7-5-6-20(28)16-22/h5-16,23H,17H2,1-4H3. The number of methoxy groups -OCH3 is 4. The zero-order valence-electron chi connectivity index (χ0n) is 19.6. The first-order valence-corrected chi connectivity index (χ1v) is 11.2. The van der Waals surface area contributed by atoms with E-state index < -0.39 is 0 Å². The van der Waals surface area contributed by atoms with E-state index in [0.717, 1.165) is 22.5 Å². The third kappa shape index (κ3) is 4.97. The van der Waals surface area contributed by atoms with Crippen LogP contribution in [0.25, 0.3) is 6.08 Å². The summed E-state index contributed by atoms with van der Waals surface area (Å²) >= 11 is 6.29. The normalized spacial score (nSPS) is 15.4. The van der Waals surface area contributed by atoms with E-state index in [0.29, 0.717) is 34.4 Å². The second kappa shape index (κ2) is 10.5. The van der Waals surface area contributed by atoms with Gasteiger partial charge in [-0.15, -0.1) is 0 Å². The summed E-state index contributed by atoms with van der Waals surface area (Å²) in [6.07, 6.45) is 4.76. The van der Waals surface area contributed by atoms with Crippen LogP contribution in [-0.2, 0) is 0 Å². The molecule has 4 rings (SSSR count). The summed E-state index contributed by atoms with van der Waals surface area (Å²) in [5.74, 6) is 2.74. The van der Waals surface area contributed by atoms with E-state index in [1.54, 1.807) is 28.4 Å². The van der Waals surface area contributed by atoms with Gasteiger partial charge in [-0.05, 0) is 59.7 Å². The predicted molar refractivity (Wildman–Crippen MR) is 137 cm³/mol. The highest BCUT2D eigenvalue weighted by atomic mass is 35.5. The molecule has 0 spiro atoms. The first kappa shape index (κ1) is 23.5. The fraction of sp³-hybridized carbons (Fsp3) is 0.222. The molecule has 0 N–H and O–H groups in total. The number of nitrogens with zero attached hydrogens (tertiary/aromatic N) is 2. The number of hydrogen-bond donors (Lipinski definition) is 0. The third-order valence-electron chi connectivity index (χ3n) is 5.67. The minimum atomic E-state index is -0.0247. The molecule has 1 aliphatic heterocycles. The molecule has 1 aliphatic rings. The number of hydrogen-bond acceptors (Lipinski definition) is 6. The van der Waals surface area contributed by atoms with Crippen molar-refractivity contribution in [3.05, 3.63) is 82.9 Å². The fourth-order valence-corrected chi connectivity index (χ4v) is 4.14. The summed E-state index contributed by atoms with van der Waals surface area (Å²) in [7, 11) is 6.52.